The first-order chi connectivity index (χ1) is 6.88. The molecule has 0 bridgehead atoms. The highest BCUT2D eigenvalue weighted by Gasteiger charge is 1.99. The maximum atomic E-state index is 8.97. The number of ether oxygens (including phenoxy) is 1. The van der Waals surface area contributed by atoms with Crippen LogP contribution in [0.15, 0.2) is 12.5 Å². The van der Waals surface area contributed by atoms with Gasteiger partial charge in [-0.15, -0.1) is 0 Å². The Bertz CT molecular complexity index is 248. The Morgan fingerprint density at radius 2 is 2.29 bits per heavy atom. The van der Waals surface area contributed by atoms with Crippen molar-refractivity contribution in [1.29, 1.82) is 0 Å². The van der Waals surface area contributed by atoms with E-state index in [1.807, 2.05) is 4.57 Å². The summed E-state index contributed by atoms with van der Waals surface area (Å²) in [7, 11) is 1.72. The van der Waals surface area contributed by atoms with Crippen molar-refractivity contribution in [2.45, 2.75) is 32.4 Å². The van der Waals surface area contributed by atoms with E-state index in [-0.39, 0.29) is 6.61 Å². The summed E-state index contributed by atoms with van der Waals surface area (Å²) in [6, 6.07) is 0. The molecule has 1 N–H and O–H groups in total. The lowest BCUT2D eigenvalue weighted by molar-refractivity contribution is 0.191. The molecule has 0 aliphatic heterocycles. The van der Waals surface area contributed by atoms with Crippen LogP contribution in [-0.2, 0) is 17.9 Å². The second-order valence-electron chi connectivity index (χ2n) is 3.29. The van der Waals surface area contributed by atoms with Gasteiger partial charge >= 0.3 is 0 Å². The summed E-state index contributed by atoms with van der Waals surface area (Å²) in [6.07, 6.45) is 6.82. The van der Waals surface area contributed by atoms with E-state index >= 15 is 0 Å². The van der Waals surface area contributed by atoms with Crippen LogP contribution in [-0.4, -0.2) is 28.4 Å². The molecular weight excluding hydrogens is 180 g/mol. The molecule has 1 aromatic rings. The summed E-state index contributed by atoms with van der Waals surface area (Å²) in [5.74, 6) is 0. The van der Waals surface area contributed by atoms with Crippen molar-refractivity contribution < 1.29 is 9.84 Å². The monoisotopic (exact) mass is 198 g/mol. The Hall–Kier alpha value is -0.870. The number of aliphatic hydroxyl groups excluding tert-OH is 1. The van der Waals surface area contributed by atoms with Crippen LogP contribution >= 0.6 is 0 Å². The van der Waals surface area contributed by atoms with E-state index in [1.165, 1.54) is 0 Å². The molecule has 1 heterocycles. The van der Waals surface area contributed by atoms with Crippen LogP contribution in [0.3, 0.4) is 0 Å². The average Bonchev–Trinajstić information content (AvgIpc) is 2.65. The number of aromatic nitrogens is 2. The lowest BCUT2D eigenvalue weighted by atomic mass is 10.2. The van der Waals surface area contributed by atoms with E-state index in [1.54, 1.807) is 19.6 Å². The SMILES string of the molecule is COCCCCCn1cncc1CO. The molecule has 0 saturated heterocycles. The maximum absolute atomic E-state index is 8.97. The second-order valence-corrected chi connectivity index (χ2v) is 3.29. The zero-order valence-electron chi connectivity index (χ0n) is 8.65. The topological polar surface area (TPSA) is 47.3 Å². The molecule has 0 saturated carbocycles. The summed E-state index contributed by atoms with van der Waals surface area (Å²) < 4.78 is 6.96. The van der Waals surface area contributed by atoms with E-state index < -0.39 is 0 Å². The summed E-state index contributed by atoms with van der Waals surface area (Å²) >= 11 is 0. The average molecular weight is 198 g/mol. The van der Waals surface area contributed by atoms with Crippen LogP contribution < -0.4 is 0 Å². The molecule has 14 heavy (non-hydrogen) atoms. The van der Waals surface area contributed by atoms with Gasteiger partial charge in [-0.05, 0) is 19.3 Å². The molecule has 0 spiro atoms. The summed E-state index contributed by atoms with van der Waals surface area (Å²) in [4.78, 5) is 3.99. The minimum atomic E-state index is 0.0675. The molecular formula is C10H18N2O2. The molecule has 0 aliphatic carbocycles. The fourth-order valence-corrected chi connectivity index (χ4v) is 1.39. The molecule has 80 valence electrons. The van der Waals surface area contributed by atoms with Gasteiger partial charge < -0.3 is 14.4 Å². The van der Waals surface area contributed by atoms with Crippen LogP contribution in [0.1, 0.15) is 25.0 Å². The minimum absolute atomic E-state index is 0.0675. The predicted molar refractivity (Wildman–Crippen MR) is 53.9 cm³/mol. The first-order valence-corrected chi connectivity index (χ1v) is 4.97. The molecule has 0 aliphatic rings. The predicted octanol–water partition coefficient (Wildman–Crippen LogP) is 1.19. The fraction of sp³-hybridized carbons (Fsp3) is 0.700. The summed E-state index contributed by atoms with van der Waals surface area (Å²) in [5, 5.41) is 8.97. The van der Waals surface area contributed by atoms with Crippen molar-refractivity contribution in [2.75, 3.05) is 13.7 Å². The van der Waals surface area contributed by atoms with Crippen molar-refractivity contribution in [1.82, 2.24) is 9.55 Å². The zero-order valence-corrected chi connectivity index (χ0v) is 8.65. The van der Waals surface area contributed by atoms with E-state index in [0.717, 1.165) is 38.1 Å². The van der Waals surface area contributed by atoms with Gasteiger partial charge in [0.25, 0.3) is 0 Å². The minimum Gasteiger partial charge on any atom is -0.390 e. The van der Waals surface area contributed by atoms with Crippen LogP contribution in [0.25, 0.3) is 0 Å². The van der Waals surface area contributed by atoms with Gasteiger partial charge in [-0.3, -0.25) is 0 Å². The van der Waals surface area contributed by atoms with Crippen LogP contribution in [0, 0.1) is 0 Å². The van der Waals surface area contributed by atoms with Gasteiger partial charge in [0.15, 0.2) is 0 Å². The molecule has 0 atom stereocenters. The van der Waals surface area contributed by atoms with Crippen molar-refractivity contribution in [3.05, 3.63) is 18.2 Å². The van der Waals surface area contributed by atoms with Gasteiger partial charge in [0, 0.05) is 20.3 Å². The van der Waals surface area contributed by atoms with Crippen LogP contribution in [0.2, 0.25) is 0 Å². The van der Waals surface area contributed by atoms with E-state index in [4.69, 9.17) is 9.84 Å². The Kier molecular flexibility index (Phi) is 5.25. The number of methoxy groups -OCH3 is 1. The normalized spacial score (nSPS) is 10.7. The molecule has 1 rings (SSSR count). The van der Waals surface area contributed by atoms with Gasteiger partial charge in [-0.2, -0.15) is 0 Å². The number of hydrogen-bond acceptors (Lipinski definition) is 3. The number of aryl methyl sites for hydroxylation is 1. The number of rotatable bonds is 7. The molecule has 0 aromatic carbocycles. The number of unbranched alkanes of at least 4 members (excludes halogenated alkanes) is 2. The molecule has 0 fully saturated rings. The van der Waals surface area contributed by atoms with Gasteiger partial charge in [-0.1, -0.05) is 0 Å². The Labute approximate surface area is 84.5 Å². The number of imidazole rings is 1. The Balaban J connectivity index is 2.17. The fourth-order valence-electron chi connectivity index (χ4n) is 1.39. The van der Waals surface area contributed by atoms with Crippen molar-refractivity contribution in [2.24, 2.45) is 0 Å². The molecule has 1 aromatic heterocycles. The molecule has 0 amide bonds. The Morgan fingerprint density at radius 1 is 1.43 bits per heavy atom. The summed E-state index contributed by atoms with van der Waals surface area (Å²) in [6.45, 7) is 1.83. The van der Waals surface area contributed by atoms with Crippen LogP contribution in [0.5, 0.6) is 0 Å². The molecule has 0 unspecified atom stereocenters. The standard InChI is InChI=1S/C10H18N2O2/c1-14-6-4-2-3-5-12-9-11-7-10(12)8-13/h7,9,13H,2-6,8H2,1H3. The number of nitrogens with zero attached hydrogens (tertiary/aromatic N) is 2. The smallest absolute Gasteiger partial charge is 0.0948 e. The third-order valence-corrected chi connectivity index (χ3v) is 2.21. The Morgan fingerprint density at radius 3 is 3.00 bits per heavy atom. The third kappa shape index (κ3) is 3.47. The van der Waals surface area contributed by atoms with E-state index in [9.17, 15) is 0 Å². The number of hydrogen-bond donors (Lipinski definition) is 1. The zero-order chi connectivity index (χ0) is 10.2. The molecule has 4 nitrogen and oxygen atoms in total. The van der Waals surface area contributed by atoms with E-state index in [2.05, 4.69) is 4.98 Å². The van der Waals surface area contributed by atoms with E-state index in [0.29, 0.717) is 0 Å². The van der Waals surface area contributed by atoms with Crippen LogP contribution in [0.4, 0.5) is 0 Å². The number of aliphatic hydroxyl groups is 1. The second kappa shape index (κ2) is 6.56. The molecule has 4 heteroatoms. The largest absolute Gasteiger partial charge is 0.390 e. The maximum Gasteiger partial charge on any atom is 0.0948 e. The lowest BCUT2D eigenvalue weighted by Crippen LogP contribution is -2.02. The van der Waals surface area contributed by atoms with Gasteiger partial charge in [-0.25, -0.2) is 4.98 Å². The highest BCUT2D eigenvalue weighted by molar-refractivity contribution is 4.95. The van der Waals surface area contributed by atoms with Crippen molar-refractivity contribution in [3.8, 4) is 0 Å². The van der Waals surface area contributed by atoms with Gasteiger partial charge in [0.1, 0.15) is 0 Å². The quantitative estimate of drug-likeness (QED) is 0.669. The highest BCUT2D eigenvalue weighted by Crippen LogP contribution is 2.03. The molecule has 0 radical (unpaired) electrons. The van der Waals surface area contributed by atoms with Crippen molar-refractivity contribution in [3.63, 3.8) is 0 Å². The van der Waals surface area contributed by atoms with Crippen molar-refractivity contribution >= 4 is 0 Å². The lowest BCUT2D eigenvalue weighted by Gasteiger charge is -2.05. The summed E-state index contributed by atoms with van der Waals surface area (Å²) in [5.41, 5.74) is 0.886. The first kappa shape index (κ1) is 11.2. The third-order valence-electron chi connectivity index (χ3n) is 2.21. The highest BCUT2D eigenvalue weighted by atomic mass is 16.5. The first-order valence-electron chi connectivity index (χ1n) is 4.97. The van der Waals surface area contributed by atoms with Gasteiger partial charge in [0.05, 0.1) is 24.8 Å². The van der Waals surface area contributed by atoms with Gasteiger partial charge in [0.2, 0.25) is 0 Å².